The van der Waals surface area contributed by atoms with E-state index in [4.69, 9.17) is 26.8 Å². The second-order valence-electron chi connectivity index (χ2n) is 7.13. The quantitative estimate of drug-likeness (QED) is 0.585. The Balaban J connectivity index is 1.75. The second-order valence-corrected chi connectivity index (χ2v) is 7.56. The fourth-order valence-electron chi connectivity index (χ4n) is 3.53. The number of amides is 1. The summed E-state index contributed by atoms with van der Waals surface area (Å²) in [4.78, 5) is 14.9. The van der Waals surface area contributed by atoms with Gasteiger partial charge in [-0.2, -0.15) is 0 Å². The highest BCUT2D eigenvalue weighted by molar-refractivity contribution is 6.30. The zero-order valence-corrected chi connectivity index (χ0v) is 17.4. The number of nitrogens with two attached hydrogens (primary N) is 1. The standard InChI is InChI=1S/C24H23ClN2O3/c1-2-20-24(28)27(15-17-7-3-8-18(25)12-17)23-21(10-5-11-22(23)30-20)29-19-9-4-6-16(13-19)14-26/h3-13,20H,2,14-15,26H2,1H3. The minimum absolute atomic E-state index is 0.100. The summed E-state index contributed by atoms with van der Waals surface area (Å²) in [5.74, 6) is 1.72. The highest BCUT2D eigenvalue weighted by Crippen LogP contribution is 2.44. The van der Waals surface area contributed by atoms with Crippen molar-refractivity contribution in [1.29, 1.82) is 0 Å². The van der Waals surface area contributed by atoms with Crippen LogP contribution in [0.4, 0.5) is 5.69 Å². The maximum Gasteiger partial charge on any atom is 0.268 e. The highest BCUT2D eigenvalue weighted by atomic mass is 35.5. The molecule has 0 bridgehead atoms. The summed E-state index contributed by atoms with van der Waals surface area (Å²) in [5, 5.41) is 0.628. The molecule has 154 valence electrons. The van der Waals surface area contributed by atoms with Crippen LogP contribution in [0, 0.1) is 0 Å². The van der Waals surface area contributed by atoms with Crippen molar-refractivity contribution >= 4 is 23.2 Å². The van der Waals surface area contributed by atoms with Crippen molar-refractivity contribution in [2.45, 2.75) is 32.5 Å². The molecule has 6 heteroatoms. The van der Waals surface area contributed by atoms with Gasteiger partial charge < -0.3 is 15.2 Å². The van der Waals surface area contributed by atoms with Crippen LogP contribution in [0.15, 0.2) is 66.7 Å². The van der Waals surface area contributed by atoms with Crippen molar-refractivity contribution in [3.63, 3.8) is 0 Å². The molecule has 3 aromatic rings. The summed E-state index contributed by atoms with van der Waals surface area (Å²) in [6, 6.07) is 20.6. The number of carbonyl (C=O) groups is 1. The number of para-hydroxylation sites is 1. The van der Waals surface area contributed by atoms with Crippen LogP contribution in [-0.4, -0.2) is 12.0 Å². The third kappa shape index (κ3) is 4.13. The van der Waals surface area contributed by atoms with Crippen LogP contribution in [0.2, 0.25) is 5.02 Å². The van der Waals surface area contributed by atoms with Gasteiger partial charge in [0.25, 0.3) is 5.91 Å². The fourth-order valence-corrected chi connectivity index (χ4v) is 3.74. The maximum atomic E-state index is 13.2. The van der Waals surface area contributed by atoms with Gasteiger partial charge in [0, 0.05) is 11.6 Å². The Morgan fingerprint density at radius 2 is 1.83 bits per heavy atom. The van der Waals surface area contributed by atoms with Crippen LogP contribution >= 0.6 is 11.6 Å². The molecule has 1 atom stereocenters. The van der Waals surface area contributed by atoms with Crippen molar-refractivity contribution in [3.8, 4) is 17.2 Å². The smallest absolute Gasteiger partial charge is 0.268 e. The number of ether oxygens (including phenoxy) is 2. The summed E-state index contributed by atoms with van der Waals surface area (Å²) in [6.45, 7) is 2.73. The van der Waals surface area contributed by atoms with Crippen molar-refractivity contribution in [2.75, 3.05) is 4.90 Å². The molecule has 0 aliphatic carbocycles. The van der Waals surface area contributed by atoms with Crippen LogP contribution in [0.5, 0.6) is 17.2 Å². The van der Waals surface area contributed by atoms with E-state index in [-0.39, 0.29) is 5.91 Å². The fraction of sp³-hybridized carbons (Fsp3) is 0.208. The molecule has 2 N–H and O–H groups in total. The minimum Gasteiger partial charge on any atom is -0.478 e. The molecule has 4 rings (SSSR count). The number of anilines is 1. The average molecular weight is 423 g/mol. The minimum atomic E-state index is -0.535. The van der Waals surface area contributed by atoms with E-state index in [2.05, 4.69) is 0 Å². The van der Waals surface area contributed by atoms with Gasteiger partial charge >= 0.3 is 0 Å². The summed E-state index contributed by atoms with van der Waals surface area (Å²) < 4.78 is 12.2. The SMILES string of the molecule is CCC1Oc2cccc(Oc3cccc(CN)c3)c2N(Cc2cccc(Cl)c2)C1=O. The van der Waals surface area contributed by atoms with Gasteiger partial charge in [-0.1, -0.05) is 48.9 Å². The van der Waals surface area contributed by atoms with Gasteiger partial charge in [-0.05, 0) is 53.9 Å². The lowest BCUT2D eigenvalue weighted by molar-refractivity contribution is -0.126. The number of rotatable bonds is 6. The predicted octanol–water partition coefficient (Wildman–Crippen LogP) is 5.30. The molecule has 0 spiro atoms. The lowest BCUT2D eigenvalue weighted by Crippen LogP contribution is -2.45. The number of fused-ring (bicyclic) bond motifs is 1. The van der Waals surface area contributed by atoms with Crippen LogP contribution in [0.25, 0.3) is 0 Å². The first-order valence-electron chi connectivity index (χ1n) is 9.91. The molecule has 1 heterocycles. The van der Waals surface area contributed by atoms with Crippen molar-refractivity contribution in [2.24, 2.45) is 5.73 Å². The molecule has 1 amide bonds. The zero-order valence-electron chi connectivity index (χ0n) is 16.7. The van der Waals surface area contributed by atoms with Gasteiger partial charge in [-0.25, -0.2) is 0 Å². The number of carbonyl (C=O) groups excluding carboxylic acids is 1. The van der Waals surface area contributed by atoms with Crippen LogP contribution in [-0.2, 0) is 17.9 Å². The van der Waals surface area contributed by atoms with E-state index in [1.807, 2.05) is 73.7 Å². The molecule has 30 heavy (non-hydrogen) atoms. The molecule has 0 saturated carbocycles. The van der Waals surface area contributed by atoms with Gasteiger partial charge in [0.15, 0.2) is 11.9 Å². The summed E-state index contributed by atoms with van der Waals surface area (Å²) in [6.07, 6.45) is 0.0426. The Morgan fingerprint density at radius 1 is 1.07 bits per heavy atom. The Bertz CT molecular complexity index is 1070. The zero-order chi connectivity index (χ0) is 21.1. The first kappa shape index (κ1) is 20.3. The maximum absolute atomic E-state index is 13.2. The van der Waals surface area contributed by atoms with Crippen molar-refractivity contribution in [3.05, 3.63) is 82.9 Å². The van der Waals surface area contributed by atoms with E-state index >= 15 is 0 Å². The summed E-state index contributed by atoms with van der Waals surface area (Å²) >= 11 is 6.16. The topological polar surface area (TPSA) is 64.8 Å². The number of hydrogen-bond donors (Lipinski definition) is 1. The number of nitrogens with zero attached hydrogens (tertiary/aromatic N) is 1. The van der Waals surface area contributed by atoms with Gasteiger partial charge in [-0.15, -0.1) is 0 Å². The van der Waals surface area contributed by atoms with E-state index in [1.54, 1.807) is 4.90 Å². The summed E-state index contributed by atoms with van der Waals surface area (Å²) in [7, 11) is 0. The van der Waals surface area contributed by atoms with E-state index in [9.17, 15) is 4.79 Å². The Kier molecular flexibility index (Phi) is 5.93. The lowest BCUT2D eigenvalue weighted by atomic mass is 10.1. The van der Waals surface area contributed by atoms with E-state index in [0.717, 1.165) is 11.1 Å². The number of halogens is 1. The first-order valence-corrected chi connectivity index (χ1v) is 10.3. The van der Waals surface area contributed by atoms with Crippen LogP contribution < -0.4 is 20.1 Å². The van der Waals surface area contributed by atoms with Crippen molar-refractivity contribution in [1.82, 2.24) is 0 Å². The predicted molar refractivity (Wildman–Crippen MR) is 118 cm³/mol. The molecule has 0 radical (unpaired) electrons. The molecule has 5 nitrogen and oxygen atoms in total. The summed E-state index contributed by atoms with van der Waals surface area (Å²) in [5.41, 5.74) is 8.26. The van der Waals surface area contributed by atoms with Gasteiger partial charge in [0.05, 0.1) is 6.54 Å². The molecule has 1 aliphatic rings. The van der Waals surface area contributed by atoms with Crippen molar-refractivity contribution < 1.29 is 14.3 Å². The molecule has 0 saturated heterocycles. The average Bonchev–Trinajstić information content (AvgIpc) is 2.76. The Morgan fingerprint density at radius 3 is 2.60 bits per heavy atom. The van der Waals surface area contributed by atoms with Gasteiger partial charge in [-0.3, -0.25) is 9.69 Å². The third-order valence-electron chi connectivity index (χ3n) is 5.01. The first-order chi connectivity index (χ1) is 14.6. The normalized spacial score (nSPS) is 15.5. The van der Waals surface area contributed by atoms with E-state index < -0.39 is 6.10 Å². The molecule has 1 aliphatic heterocycles. The monoisotopic (exact) mass is 422 g/mol. The molecule has 1 unspecified atom stereocenters. The molecular formula is C24H23ClN2O3. The van der Waals surface area contributed by atoms with Crippen LogP contribution in [0.3, 0.4) is 0 Å². The highest BCUT2D eigenvalue weighted by Gasteiger charge is 2.35. The molecule has 0 aromatic heterocycles. The number of benzene rings is 3. The largest absolute Gasteiger partial charge is 0.478 e. The molecular weight excluding hydrogens is 400 g/mol. The number of hydrogen-bond acceptors (Lipinski definition) is 4. The molecule has 3 aromatic carbocycles. The van der Waals surface area contributed by atoms with Gasteiger partial charge in [0.2, 0.25) is 0 Å². The van der Waals surface area contributed by atoms with E-state index in [1.165, 1.54) is 0 Å². The van der Waals surface area contributed by atoms with E-state index in [0.29, 0.717) is 47.5 Å². The van der Waals surface area contributed by atoms with Gasteiger partial charge in [0.1, 0.15) is 17.2 Å². The third-order valence-corrected chi connectivity index (χ3v) is 5.24. The Hall–Kier alpha value is -3.02. The lowest BCUT2D eigenvalue weighted by Gasteiger charge is -2.35. The molecule has 0 fully saturated rings. The Labute approximate surface area is 181 Å². The van der Waals surface area contributed by atoms with Crippen LogP contribution in [0.1, 0.15) is 24.5 Å². The second kappa shape index (κ2) is 8.78.